The fraction of sp³-hybridized carbons (Fsp3) is 0.174. The van der Waals surface area contributed by atoms with E-state index in [0.29, 0.717) is 27.3 Å². The number of hydrogen-bond acceptors (Lipinski definition) is 4. The highest BCUT2D eigenvalue weighted by atomic mass is 35.5. The molecule has 3 rings (SSSR count). The summed E-state index contributed by atoms with van der Waals surface area (Å²) >= 11 is 14.1. The van der Waals surface area contributed by atoms with Gasteiger partial charge in [0.1, 0.15) is 11.5 Å². The molecule has 0 aliphatic carbocycles. The molecular formula is C23H20Cl2O4S. The second kappa shape index (κ2) is 10.1. The van der Waals surface area contributed by atoms with E-state index in [1.807, 2.05) is 55.5 Å². The molecule has 0 atom stereocenters. The molecule has 0 radical (unpaired) electrons. The molecule has 0 saturated carbocycles. The number of hydrogen-bond donors (Lipinski definition) is 1. The summed E-state index contributed by atoms with van der Waals surface area (Å²) in [5, 5.41) is 10.2. The summed E-state index contributed by atoms with van der Waals surface area (Å²) in [4.78, 5) is 11.7. The van der Waals surface area contributed by atoms with Crippen LogP contribution in [0.25, 0.3) is 11.1 Å². The lowest BCUT2D eigenvalue weighted by atomic mass is 10.0. The van der Waals surface area contributed by atoms with Crippen molar-refractivity contribution in [2.24, 2.45) is 0 Å². The van der Waals surface area contributed by atoms with Crippen LogP contribution in [0.1, 0.15) is 11.1 Å². The van der Waals surface area contributed by atoms with Gasteiger partial charge in [-0.2, -0.15) is 0 Å². The Morgan fingerprint density at radius 1 is 1.03 bits per heavy atom. The van der Waals surface area contributed by atoms with Crippen molar-refractivity contribution in [3.8, 4) is 22.6 Å². The molecule has 0 aromatic heterocycles. The normalized spacial score (nSPS) is 10.7. The first-order chi connectivity index (χ1) is 14.4. The lowest BCUT2D eigenvalue weighted by Gasteiger charge is -2.14. The topological polar surface area (TPSA) is 55.8 Å². The van der Waals surface area contributed by atoms with Crippen LogP contribution in [-0.2, 0) is 10.5 Å². The maximum atomic E-state index is 10.7. The van der Waals surface area contributed by atoms with Crippen LogP contribution in [0.2, 0.25) is 10.0 Å². The van der Waals surface area contributed by atoms with E-state index in [4.69, 9.17) is 37.8 Å². The molecule has 7 heteroatoms. The third-order valence-electron chi connectivity index (χ3n) is 4.40. The number of aliphatic carboxylic acids is 1. The standard InChI is InChI=1S/C23H20Cl2O4S/c1-14-9-22(21(28-2)11-20(14)29-12-23(26)27)30-13-15-3-8-18(19(25)10-15)16-4-6-17(24)7-5-16/h3-11H,12-13H2,1-2H3,(H,26,27). The van der Waals surface area contributed by atoms with Gasteiger partial charge in [0.2, 0.25) is 0 Å². The van der Waals surface area contributed by atoms with Gasteiger partial charge < -0.3 is 14.6 Å². The number of halogens is 2. The Morgan fingerprint density at radius 2 is 1.77 bits per heavy atom. The van der Waals surface area contributed by atoms with Crippen LogP contribution in [0, 0.1) is 6.92 Å². The molecule has 0 amide bonds. The SMILES string of the molecule is COc1cc(OCC(=O)O)c(C)cc1SCc1ccc(-c2ccc(Cl)cc2)c(Cl)c1. The van der Waals surface area contributed by atoms with E-state index >= 15 is 0 Å². The molecule has 4 nitrogen and oxygen atoms in total. The van der Waals surface area contributed by atoms with Gasteiger partial charge in [-0.1, -0.05) is 47.5 Å². The first-order valence-electron chi connectivity index (χ1n) is 9.07. The van der Waals surface area contributed by atoms with Gasteiger partial charge in [-0.15, -0.1) is 11.8 Å². The third kappa shape index (κ3) is 5.63. The van der Waals surface area contributed by atoms with Crippen LogP contribution in [0.15, 0.2) is 59.5 Å². The number of carboxylic acids is 1. The molecule has 0 unspecified atom stereocenters. The van der Waals surface area contributed by atoms with Crippen LogP contribution in [0.3, 0.4) is 0 Å². The van der Waals surface area contributed by atoms with Gasteiger partial charge in [0.15, 0.2) is 6.61 Å². The number of aryl methyl sites for hydroxylation is 1. The van der Waals surface area contributed by atoms with Gasteiger partial charge in [0.25, 0.3) is 0 Å². The van der Waals surface area contributed by atoms with Crippen molar-refractivity contribution in [2.75, 3.05) is 13.7 Å². The molecule has 0 bridgehead atoms. The van der Waals surface area contributed by atoms with E-state index in [-0.39, 0.29) is 0 Å². The maximum absolute atomic E-state index is 10.7. The van der Waals surface area contributed by atoms with E-state index in [1.165, 1.54) is 0 Å². The Balaban J connectivity index is 1.74. The number of rotatable bonds is 8. The summed E-state index contributed by atoms with van der Waals surface area (Å²) in [5.74, 6) is 0.806. The smallest absolute Gasteiger partial charge is 0.341 e. The highest BCUT2D eigenvalue weighted by molar-refractivity contribution is 7.98. The zero-order valence-electron chi connectivity index (χ0n) is 16.4. The fourth-order valence-corrected chi connectivity index (χ4v) is 4.37. The number of carboxylic acid groups (broad SMARTS) is 1. The molecule has 3 aromatic carbocycles. The van der Waals surface area contributed by atoms with Gasteiger partial charge in [0.05, 0.1) is 12.0 Å². The fourth-order valence-electron chi connectivity index (χ4n) is 2.88. The minimum Gasteiger partial charge on any atom is -0.495 e. The van der Waals surface area contributed by atoms with Crippen molar-refractivity contribution in [2.45, 2.75) is 17.6 Å². The van der Waals surface area contributed by atoms with E-state index in [9.17, 15) is 4.79 Å². The van der Waals surface area contributed by atoms with E-state index in [2.05, 4.69) is 0 Å². The average Bonchev–Trinajstić information content (AvgIpc) is 2.72. The van der Waals surface area contributed by atoms with Gasteiger partial charge >= 0.3 is 5.97 Å². The van der Waals surface area contributed by atoms with Gasteiger partial charge in [-0.25, -0.2) is 4.79 Å². The summed E-state index contributed by atoms with van der Waals surface area (Å²) in [7, 11) is 1.58. The van der Waals surface area contributed by atoms with Crippen LogP contribution in [0.5, 0.6) is 11.5 Å². The number of thioether (sulfide) groups is 1. The van der Waals surface area contributed by atoms with E-state index in [0.717, 1.165) is 27.1 Å². The third-order valence-corrected chi connectivity index (χ3v) is 6.07. The summed E-state index contributed by atoms with van der Waals surface area (Å²) in [6, 6.07) is 17.2. The summed E-state index contributed by atoms with van der Waals surface area (Å²) in [6.45, 7) is 1.48. The van der Waals surface area contributed by atoms with Crippen LogP contribution in [-0.4, -0.2) is 24.8 Å². The molecule has 156 valence electrons. The molecule has 3 aromatic rings. The predicted molar refractivity (Wildman–Crippen MR) is 122 cm³/mol. The molecule has 0 heterocycles. The van der Waals surface area contributed by atoms with Crippen LogP contribution >= 0.6 is 35.0 Å². The molecule has 0 aliphatic rings. The lowest BCUT2D eigenvalue weighted by molar-refractivity contribution is -0.139. The number of carbonyl (C=O) groups is 1. The quantitative estimate of drug-likeness (QED) is 0.375. The largest absolute Gasteiger partial charge is 0.495 e. The second-order valence-electron chi connectivity index (χ2n) is 6.56. The molecule has 1 N–H and O–H groups in total. The Morgan fingerprint density at radius 3 is 2.40 bits per heavy atom. The number of ether oxygens (including phenoxy) is 2. The Kier molecular flexibility index (Phi) is 7.53. The zero-order valence-corrected chi connectivity index (χ0v) is 18.8. The Hall–Kier alpha value is -2.34. The van der Waals surface area contributed by atoms with Crippen molar-refractivity contribution in [3.05, 3.63) is 75.8 Å². The first-order valence-corrected chi connectivity index (χ1v) is 10.8. The zero-order chi connectivity index (χ0) is 21.7. The first kappa shape index (κ1) is 22.3. The van der Waals surface area contributed by atoms with Gasteiger partial charge in [-0.3, -0.25) is 0 Å². The lowest BCUT2D eigenvalue weighted by Crippen LogP contribution is -2.10. The molecule has 0 saturated heterocycles. The van der Waals surface area contributed by atoms with Crippen molar-refractivity contribution >= 4 is 40.9 Å². The number of benzene rings is 3. The Labute approximate surface area is 189 Å². The Bertz CT molecular complexity index is 1050. The van der Waals surface area contributed by atoms with Crippen molar-refractivity contribution < 1.29 is 19.4 Å². The van der Waals surface area contributed by atoms with Gasteiger partial charge in [0, 0.05) is 27.4 Å². The maximum Gasteiger partial charge on any atom is 0.341 e. The minimum atomic E-state index is -1.02. The monoisotopic (exact) mass is 462 g/mol. The van der Waals surface area contributed by atoms with Crippen LogP contribution < -0.4 is 9.47 Å². The molecule has 30 heavy (non-hydrogen) atoms. The van der Waals surface area contributed by atoms with E-state index < -0.39 is 12.6 Å². The summed E-state index contributed by atoms with van der Waals surface area (Å²) in [5.41, 5.74) is 3.89. The van der Waals surface area contributed by atoms with E-state index in [1.54, 1.807) is 24.9 Å². The molecular weight excluding hydrogens is 443 g/mol. The van der Waals surface area contributed by atoms with Crippen LogP contribution in [0.4, 0.5) is 0 Å². The molecule has 0 aliphatic heterocycles. The second-order valence-corrected chi connectivity index (χ2v) is 8.42. The number of methoxy groups -OCH3 is 1. The van der Waals surface area contributed by atoms with Gasteiger partial charge in [-0.05, 0) is 47.9 Å². The molecule has 0 spiro atoms. The predicted octanol–water partition coefficient (Wildman–Crippen LogP) is 6.73. The average molecular weight is 463 g/mol. The highest BCUT2D eigenvalue weighted by Gasteiger charge is 2.12. The summed E-state index contributed by atoms with van der Waals surface area (Å²) < 4.78 is 10.8. The van der Waals surface area contributed by atoms with Crippen molar-refractivity contribution in [3.63, 3.8) is 0 Å². The summed E-state index contributed by atoms with van der Waals surface area (Å²) in [6.07, 6.45) is 0. The molecule has 0 fully saturated rings. The van der Waals surface area contributed by atoms with Crippen molar-refractivity contribution in [1.82, 2.24) is 0 Å². The highest BCUT2D eigenvalue weighted by Crippen LogP contribution is 2.38. The minimum absolute atomic E-state index is 0.394. The van der Waals surface area contributed by atoms with Crippen molar-refractivity contribution in [1.29, 1.82) is 0 Å².